The van der Waals surface area contributed by atoms with E-state index in [2.05, 4.69) is 10.5 Å². The van der Waals surface area contributed by atoms with Gasteiger partial charge in [-0.05, 0) is 53.9 Å². The van der Waals surface area contributed by atoms with Crippen molar-refractivity contribution in [1.29, 1.82) is 0 Å². The Morgan fingerprint density at radius 2 is 2.04 bits per heavy atom. The molecule has 0 atom stereocenters. The summed E-state index contributed by atoms with van der Waals surface area (Å²) in [5.74, 6) is 0.657. The van der Waals surface area contributed by atoms with Gasteiger partial charge >= 0.3 is 0 Å². The molecule has 1 amide bonds. The Kier molecular flexibility index (Phi) is 6.50. The lowest BCUT2D eigenvalue weighted by molar-refractivity contribution is -0.121. The molecule has 0 aliphatic rings. The highest BCUT2D eigenvalue weighted by molar-refractivity contribution is 6.30. The minimum absolute atomic E-state index is 0.114. The molecule has 0 spiro atoms. The first-order valence-electron chi connectivity index (χ1n) is 8.96. The first-order chi connectivity index (χ1) is 13.5. The lowest BCUT2D eigenvalue weighted by Crippen LogP contribution is -2.18. The molecule has 3 aromatic carbocycles. The zero-order valence-corrected chi connectivity index (χ0v) is 16.2. The van der Waals surface area contributed by atoms with Gasteiger partial charge in [0.2, 0.25) is 5.91 Å². The van der Waals surface area contributed by atoms with Crippen LogP contribution in [0.5, 0.6) is 11.5 Å². The number of ether oxygens (including phenoxy) is 1. The second-order valence-corrected chi connectivity index (χ2v) is 6.81. The number of nitrogens with zero attached hydrogens (tertiary/aromatic N) is 1. The largest absolute Gasteiger partial charge is 0.507 e. The Balaban J connectivity index is 1.49. The molecule has 5 nitrogen and oxygen atoms in total. The van der Waals surface area contributed by atoms with Gasteiger partial charge < -0.3 is 9.84 Å². The number of carbonyl (C=O) groups is 1. The third-order valence-corrected chi connectivity index (χ3v) is 4.51. The van der Waals surface area contributed by atoms with E-state index in [-0.39, 0.29) is 18.1 Å². The zero-order chi connectivity index (χ0) is 19.9. The number of hydrogen-bond acceptors (Lipinski definition) is 4. The molecule has 28 heavy (non-hydrogen) atoms. The van der Waals surface area contributed by atoms with Gasteiger partial charge in [-0.1, -0.05) is 41.9 Å². The average molecular weight is 397 g/mol. The van der Waals surface area contributed by atoms with Gasteiger partial charge in [0.25, 0.3) is 0 Å². The normalized spacial score (nSPS) is 11.1. The molecule has 0 saturated carbocycles. The zero-order valence-electron chi connectivity index (χ0n) is 15.5. The maximum absolute atomic E-state index is 11.9. The molecule has 0 aliphatic carbocycles. The smallest absolute Gasteiger partial charge is 0.240 e. The van der Waals surface area contributed by atoms with Gasteiger partial charge in [0.15, 0.2) is 0 Å². The number of benzene rings is 3. The molecule has 3 aromatic rings. The Morgan fingerprint density at radius 3 is 2.86 bits per heavy atom. The number of aryl methyl sites for hydroxylation is 1. The molecule has 6 heteroatoms. The van der Waals surface area contributed by atoms with E-state index in [1.807, 2.05) is 49.4 Å². The second-order valence-electron chi connectivity index (χ2n) is 6.37. The minimum Gasteiger partial charge on any atom is -0.507 e. The number of rotatable bonds is 7. The summed E-state index contributed by atoms with van der Waals surface area (Å²) >= 11 is 5.92. The number of carbonyl (C=O) groups excluding carboxylic acids is 1. The number of fused-ring (bicyclic) bond motifs is 1. The summed E-state index contributed by atoms with van der Waals surface area (Å²) in [6, 6.07) is 16.5. The van der Waals surface area contributed by atoms with Crippen LogP contribution in [0.25, 0.3) is 10.8 Å². The molecule has 0 fully saturated rings. The molecule has 0 unspecified atom stereocenters. The van der Waals surface area contributed by atoms with E-state index >= 15 is 0 Å². The Labute approximate surface area is 168 Å². The number of hydrogen-bond donors (Lipinski definition) is 2. The van der Waals surface area contributed by atoms with Crippen LogP contribution in [-0.2, 0) is 4.79 Å². The van der Waals surface area contributed by atoms with Crippen molar-refractivity contribution in [1.82, 2.24) is 5.43 Å². The van der Waals surface area contributed by atoms with Crippen LogP contribution in [0.4, 0.5) is 0 Å². The van der Waals surface area contributed by atoms with E-state index in [9.17, 15) is 9.90 Å². The third kappa shape index (κ3) is 5.02. The van der Waals surface area contributed by atoms with Crippen molar-refractivity contribution in [2.45, 2.75) is 19.8 Å². The maximum atomic E-state index is 11.9. The number of aromatic hydroxyl groups is 1. The van der Waals surface area contributed by atoms with E-state index < -0.39 is 0 Å². The van der Waals surface area contributed by atoms with Crippen molar-refractivity contribution >= 4 is 34.5 Å². The second kappa shape index (κ2) is 9.24. The summed E-state index contributed by atoms with van der Waals surface area (Å²) in [7, 11) is 0. The first kappa shape index (κ1) is 19.7. The Bertz CT molecular complexity index is 1020. The standard InChI is InChI=1S/C22H21ClN2O3/c1-15-13-17(23)9-11-21(15)28-12-4-7-22(27)25-24-14-19-18-6-3-2-5-16(18)8-10-20(19)26/h2-3,5-6,8-11,13-14,26H,4,7,12H2,1H3,(H,25,27). The van der Waals surface area contributed by atoms with Crippen molar-refractivity contribution in [2.75, 3.05) is 6.61 Å². The molecule has 3 rings (SSSR count). The molecule has 2 N–H and O–H groups in total. The van der Waals surface area contributed by atoms with E-state index in [4.69, 9.17) is 16.3 Å². The maximum Gasteiger partial charge on any atom is 0.240 e. The molecular weight excluding hydrogens is 376 g/mol. The molecule has 0 bridgehead atoms. The third-order valence-electron chi connectivity index (χ3n) is 4.27. The van der Waals surface area contributed by atoms with Crippen LogP contribution in [0, 0.1) is 6.92 Å². The average Bonchev–Trinajstić information content (AvgIpc) is 2.68. The lowest BCUT2D eigenvalue weighted by Gasteiger charge is -2.09. The van der Waals surface area contributed by atoms with Gasteiger partial charge in [0.1, 0.15) is 11.5 Å². The lowest BCUT2D eigenvalue weighted by atomic mass is 10.0. The minimum atomic E-state index is -0.215. The molecule has 0 aromatic heterocycles. The van der Waals surface area contributed by atoms with Crippen LogP contribution in [0.2, 0.25) is 5.02 Å². The summed E-state index contributed by atoms with van der Waals surface area (Å²) in [6.07, 6.45) is 2.30. The van der Waals surface area contributed by atoms with Crippen molar-refractivity contribution in [3.8, 4) is 11.5 Å². The van der Waals surface area contributed by atoms with Crippen LogP contribution in [-0.4, -0.2) is 23.8 Å². The Morgan fingerprint density at radius 1 is 1.21 bits per heavy atom. The fraction of sp³-hybridized carbons (Fsp3) is 0.182. The number of phenols is 1. The molecule has 0 heterocycles. The van der Waals surface area contributed by atoms with E-state index in [0.29, 0.717) is 23.6 Å². The van der Waals surface area contributed by atoms with Crippen LogP contribution >= 0.6 is 11.6 Å². The van der Waals surface area contributed by atoms with E-state index in [1.165, 1.54) is 6.21 Å². The van der Waals surface area contributed by atoms with Gasteiger partial charge in [-0.25, -0.2) is 5.43 Å². The van der Waals surface area contributed by atoms with Crippen molar-refractivity contribution in [2.24, 2.45) is 5.10 Å². The summed E-state index contributed by atoms with van der Waals surface area (Å²) in [4.78, 5) is 11.9. The number of amides is 1. The number of phenolic OH excluding ortho intramolecular Hbond substituents is 1. The van der Waals surface area contributed by atoms with Gasteiger partial charge in [-0.2, -0.15) is 5.10 Å². The SMILES string of the molecule is Cc1cc(Cl)ccc1OCCCC(=O)NN=Cc1c(O)ccc2ccccc12. The number of halogens is 1. The highest BCUT2D eigenvalue weighted by Gasteiger charge is 2.05. The molecule has 0 radical (unpaired) electrons. The van der Waals surface area contributed by atoms with Gasteiger partial charge in [0.05, 0.1) is 12.8 Å². The molecular formula is C22H21ClN2O3. The summed E-state index contributed by atoms with van der Waals surface area (Å²) in [5.41, 5.74) is 4.01. The summed E-state index contributed by atoms with van der Waals surface area (Å²) in [5, 5.41) is 16.6. The first-order valence-corrected chi connectivity index (χ1v) is 9.34. The molecule has 0 aliphatic heterocycles. The number of hydrazone groups is 1. The van der Waals surface area contributed by atoms with Gasteiger partial charge in [0, 0.05) is 17.0 Å². The molecule has 144 valence electrons. The van der Waals surface area contributed by atoms with Crippen LogP contribution in [0.1, 0.15) is 24.0 Å². The van der Waals surface area contributed by atoms with Crippen LogP contribution in [0.15, 0.2) is 59.7 Å². The predicted octanol–water partition coefficient (Wildman–Crippen LogP) is 4.82. The van der Waals surface area contributed by atoms with Crippen LogP contribution in [0.3, 0.4) is 0 Å². The Hall–Kier alpha value is -3.05. The van der Waals surface area contributed by atoms with Gasteiger partial charge in [-0.3, -0.25) is 4.79 Å². The summed E-state index contributed by atoms with van der Waals surface area (Å²) < 4.78 is 5.67. The van der Waals surface area contributed by atoms with Crippen LogP contribution < -0.4 is 10.2 Å². The van der Waals surface area contributed by atoms with Gasteiger partial charge in [-0.15, -0.1) is 0 Å². The number of nitrogens with one attached hydrogen (secondary N) is 1. The van der Waals surface area contributed by atoms with E-state index in [1.54, 1.807) is 12.1 Å². The highest BCUT2D eigenvalue weighted by Crippen LogP contribution is 2.25. The fourth-order valence-corrected chi connectivity index (χ4v) is 3.06. The molecule has 0 saturated heterocycles. The van der Waals surface area contributed by atoms with Crippen molar-refractivity contribution in [3.05, 3.63) is 70.7 Å². The van der Waals surface area contributed by atoms with Crippen molar-refractivity contribution < 1.29 is 14.6 Å². The quantitative estimate of drug-likeness (QED) is 0.342. The topological polar surface area (TPSA) is 70.9 Å². The fourth-order valence-electron chi connectivity index (χ4n) is 2.83. The van der Waals surface area contributed by atoms with E-state index in [0.717, 1.165) is 22.1 Å². The predicted molar refractivity (Wildman–Crippen MR) is 112 cm³/mol. The van der Waals surface area contributed by atoms with Crippen molar-refractivity contribution in [3.63, 3.8) is 0 Å². The highest BCUT2D eigenvalue weighted by atomic mass is 35.5. The summed E-state index contributed by atoms with van der Waals surface area (Å²) in [6.45, 7) is 2.34. The monoisotopic (exact) mass is 396 g/mol.